The maximum absolute atomic E-state index is 3.99. The van der Waals surface area contributed by atoms with Crippen LogP contribution >= 0.6 is 0 Å². The van der Waals surface area contributed by atoms with E-state index in [0.29, 0.717) is 6.04 Å². The Balaban J connectivity index is 1.79. The minimum absolute atomic E-state index is 0.523. The maximum atomic E-state index is 3.99. The molecule has 19 heavy (non-hydrogen) atoms. The van der Waals surface area contributed by atoms with Crippen LogP contribution in [0.4, 0.5) is 5.69 Å². The van der Waals surface area contributed by atoms with E-state index in [-0.39, 0.29) is 0 Å². The fourth-order valence-corrected chi connectivity index (χ4v) is 2.49. The van der Waals surface area contributed by atoms with Crippen LogP contribution in [-0.2, 0) is 0 Å². The van der Waals surface area contributed by atoms with Crippen LogP contribution in [0.15, 0.2) is 24.3 Å². The van der Waals surface area contributed by atoms with Gasteiger partial charge < -0.3 is 10.2 Å². The van der Waals surface area contributed by atoms with Gasteiger partial charge in [-0.3, -0.25) is 0 Å². The lowest BCUT2D eigenvalue weighted by Gasteiger charge is -2.15. The second-order valence-corrected chi connectivity index (χ2v) is 5.08. The van der Waals surface area contributed by atoms with Gasteiger partial charge >= 0.3 is 0 Å². The van der Waals surface area contributed by atoms with E-state index < -0.39 is 0 Å². The second-order valence-electron chi connectivity index (χ2n) is 5.08. The summed E-state index contributed by atoms with van der Waals surface area (Å²) in [6.07, 6.45) is 1.19. The number of nitrogens with zero attached hydrogens (tertiary/aromatic N) is 5. The highest BCUT2D eigenvalue weighted by Gasteiger charge is 2.19. The molecule has 2 aromatic rings. The summed E-state index contributed by atoms with van der Waals surface area (Å²) in [5.74, 6) is 0.790. The number of tetrazole rings is 1. The number of aromatic nitrogens is 4. The summed E-state index contributed by atoms with van der Waals surface area (Å²) in [6, 6.07) is 8.73. The first-order valence-corrected chi connectivity index (χ1v) is 6.53. The predicted octanol–water partition coefficient (Wildman–Crippen LogP) is 1.09. The maximum Gasteiger partial charge on any atom is 0.153 e. The van der Waals surface area contributed by atoms with Crippen molar-refractivity contribution in [1.29, 1.82) is 0 Å². The lowest BCUT2D eigenvalue weighted by atomic mass is 10.2. The smallest absolute Gasteiger partial charge is 0.153 e. The van der Waals surface area contributed by atoms with E-state index in [9.17, 15) is 0 Å². The molecule has 0 spiro atoms. The van der Waals surface area contributed by atoms with Gasteiger partial charge in [0.15, 0.2) is 5.82 Å². The van der Waals surface area contributed by atoms with Gasteiger partial charge in [-0.1, -0.05) is 6.07 Å². The summed E-state index contributed by atoms with van der Waals surface area (Å²) in [4.78, 5) is 2.34. The molecule has 0 bridgehead atoms. The summed E-state index contributed by atoms with van der Waals surface area (Å²) >= 11 is 0. The van der Waals surface area contributed by atoms with Gasteiger partial charge in [0.25, 0.3) is 0 Å². The van der Waals surface area contributed by atoms with Crippen LogP contribution in [0.1, 0.15) is 12.2 Å². The highest BCUT2D eigenvalue weighted by Crippen LogP contribution is 2.18. The summed E-state index contributed by atoms with van der Waals surface area (Å²) in [5.41, 5.74) is 2.10. The summed E-state index contributed by atoms with van der Waals surface area (Å²) < 4.78 is 1.74. The van der Waals surface area contributed by atoms with Gasteiger partial charge in [-0.15, -0.1) is 5.10 Å². The van der Waals surface area contributed by atoms with Crippen molar-refractivity contribution in [3.8, 4) is 5.69 Å². The highest BCUT2D eigenvalue weighted by atomic mass is 15.5. The third-order valence-electron chi connectivity index (χ3n) is 3.48. The van der Waals surface area contributed by atoms with Gasteiger partial charge in [-0.05, 0) is 55.6 Å². The van der Waals surface area contributed by atoms with Crippen LogP contribution in [0.5, 0.6) is 0 Å². The minimum Gasteiger partial charge on any atom is -0.381 e. The monoisotopic (exact) mass is 258 g/mol. The van der Waals surface area contributed by atoms with Gasteiger partial charge in [-0.2, -0.15) is 4.68 Å². The van der Waals surface area contributed by atoms with E-state index in [0.717, 1.165) is 30.3 Å². The summed E-state index contributed by atoms with van der Waals surface area (Å²) in [6.45, 7) is 4.14. The largest absolute Gasteiger partial charge is 0.381 e. The summed E-state index contributed by atoms with van der Waals surface area (Å²) in [5, 5.41) is 15.1. The molecule has 1 aliphatic heterocycles. The summed E-state index contributed by atoms with van der Waals surface area (Å²) in [7, 11) is 2.16. The molecule has 1 aromatic heterocycles. The lowest BCUT2D eigenvalue weighted by molar-refractivity contribution is 0.414. The SMILES string of the molecule is Cc1nnnn1-c1cccc(NC2CCN(C)C2)c1. The molecule has 0 amide bonds. The molecule has 1 unspecified atom stereocenters. The van der Waals surface area contributed by atoms with Gasteiger partial charge in [-0.25, -0.2) is 0 Å². The van der Waals surface area contributed by atoms with Crippen LogP contribution in [0.25, 0.3) is 5.69 Å². The van der Waals surface area contributed by atoms with Crippen molar-refractivity contribution in [3.63, 3.8) is 0 Å². The third kappa shape index (κ3) is 2.58. The Morgan fingerprint density at radius 3 is 2.95 bits per heavy atom. The van der Waals surface area contributed by atoms with E-state index in [1.165, 1.54) is 6.42 Å². The van der Waals surface area contributed by atoms with Crippen LogP contribution in [0.3, 0.4) is 0 Å². The Hall–Kier alpha value is -1.95. The second kappa shape index (κ2) is 4.97. The first kappa shape index (κ1) is 12.1. The molecule has 6 nitrogen and oxygen atoms in total. The zero-order valence-corrected chi connectivity index (χ0v) is 11.2. The number of likely N-dealkylation sites (tertiary alicyclic amines) is 1. The van der Waals surface area contributed by atoms with Crippen molar-refractivity contribution in [3.05, 3.63) is 30.1 Å². The molecule has 1 aliphatic rings. The molecule has 2 heterocycles. The molecule has 6 heteroatoms. The molecule has 1 atom stereocenters. The zero-order valence-electron chi connectivity index (χ0n) is 11.2. The van der Waals surface area contributed by atoms with Crippen LogP contribution in [0.2, 0.25) is 0 Å². The Morgan fingerprint density at radius 1 is 1.37 bits per heavy atom. The van der Waals surface area contributed by atoms with Crippen molar-refractivity contribution >= 4 is 5.69 Å². The number of rotatable bonds is 3. The fraction of sp³-hybridized carbons (Fsp3) is 0.462. The van der Waals surface area contributed by atoms with Crippen LogP contribution in [-0.4, -0.2) is 51.3 Å². The van der Waals surface area contributed by atoms with E-state index in [1.54, 1.807) is 4.68 Å². The predicted molar refractivity (Wildman–Crippen MR) is 73.4 cm³/mol. The van der Waals surface area contributed by atoms with Gasteiger partial charge in [0, 0.05) is 18.3 Å². The van der Waals surface area contributed by atoms with Crippen LogP contribution < -0.4 is 5.32 Å². The number of hydrogen-bond acceptors (Lipinski definition) is 5. The average Bonchev–Trinajstić information content (AvgIpc) is 2.99. The highest BCUT2D eigenvalue weighted by molar-refractivity contribution is 5.51. The third-order valence-corrected chi connectivity index (χ3v) is 3.48. The van der Waals surface area contributed by atoms with Crippen molar-refractivity contribution in [2.45, 2.75) is 19.4 Å². The first-order chi connectivity index (χ1) is 9.22. The van der Waals surface area contributed by atoms with E-state index in [2.05, 4.69) is 44.9 Å². The molecule has 0 saturated carbocycles. The van der Waals surface area contributed by atoms with Crippen molar-refractivity contribution in [2.75, 3.05) is 25.5 Å². The Kier molecular flexibility index (Phi) is 3.16. The van der Waals surface area contributed by atoms with Crippen molar-refractivity contribution < 1.29 is 0 Å². The molecule has 1 saturated heterocycles. The van der Waals surface area contributed by atoms with Crippen molar-refractivity contribution in [1.82, 2.24) is 25.1 Å². The average molecular weight is 258 g/mol. The Morgan fingerprint density at radius 2 is 2.26 bits per heavy atom. The zero-order chi connectivity index (χ0) is 13.2. The number of benzene rings is 1. The number of likely N-dealkylation sites (N-methyl/N-ethyl adjacent to an activating group) is 1. The molecule has 1 aromatic carbocycles. The number of hydrogen-bond donors (Lipinski definition) is 1. The van der Waals surface area contributed by atoms with E-state index in [4.69, 9.17) is 0 Å². The number of anilines is 1. The van der Waals surface area contributed by atoms with Gasteiger partial charge in [0.05, 0.1) is 5.69 Å². The molecule has 100 valence electrons. The normalized spacial score (nSPS) is 19.8. The van der Waals surface area contributed by atoms with Crippen molar-refractivity contribution in [2.24, 2.45) is 0 Å². The Labute approximate surface area is 112 Å². The quantitative estimate of drug-likeness (QED) is 0.893. The first-order valence-electron chi connectivity index (χ1n) is 6.53. The lowest BCUT2D eigenvalue weighted by Crippen LogP contribution is -2.23. The topological polar surface area (TPSA) is 58.9 Å². The molecule has 1 N–H and O–H groups in total. The molecular weight excluding hydrogens is 240 g/mol. The van der Waals surface area contributed by atoms with E-state index >= 15 is 0 Å². The molecule has 0 radical (unpaired) electrons. The molecule has 3 rings (SSSR count). The molecule has 1 fully saturated rings. The molecular formula is C13H18N6. The fourth-order valence-electron chi connectivity index (χ4n) is 2.49. The number of aryl methyl sites for hydroxylation is 1. The van der Waals surface area contributed by atoms with Crippen LogP contribution in [0, 0.1) is 6.92 Å². The number of nitrogens with one attached hydrogen (secondary N) is 1. The standard InChI is InChI=1S/C13H18N6/c1-10-15-16-17-19(10)13-5-3-4-11(8-13)14-12-6-7-18(2)9-12/h3-5,8,12,14H,6-7,9H2,1-2H3. The molecule has 0 aliphatic carbocycles. The minimum atomic E-state index is 0.523. The van der Waals surface area contributed by atoms with Gasteiger partial charge in [0.2, 0.25) is 0 Å². The van der Waals surface area contributed by atoms with Gasteiger partial charge in [0.1, 0.15) is 0 Å². The Bertz CT molecular complexity index is 564. The van der Waals surface area contributed by atoms with E-state index in [1.807, 2.05) is 19.1 Å².